The number of nitrogens with one attached hydrogen (secondary N) is 1. The number of phenols is 1. The maximum atomic E-state index is 11.8. The number of hydrogen-bond acceptors (Lipinski definition) is 4. The third-order valence-corrected chi connectivity index (χ3v) is 4.15. The van der Waals surface area contributed by atoms with E-state index in [1.165, 1.54) is 24.3 Å². The van der Waals surface area contributed by atoms with Crippen LogP contribution in [0, 0.1) is 0 Å². The molecule has 1 heterocycles. The largest absolute Gasteiger partial charge is 0.506 e. The molecule has 0 saturated carbocycles. The molecule has 1 unspecified atom stereocenters. The molecule has 7 heteroatoms. The Kier molecular flexibility index (Phi) is 3.32. The number of carbonyl (C=O) groups is 1. The predicted molar refractivity (Wildman–Crippen MR) is 67.3 cm³/mol. The molecule has 0 aliphatic carbocycles. The zero-order chi connectivity index (χ0) is 13.3. The average Bonchev–Trinajstić information content (AvgIpc) is 2.62. The summed E-state index contributed by atoms with van der Waals surface area (Å²) in [5.74, 6) is -0.690. The molecule has 1 aliphatic rings. The molecule has 0 aromatic heterocycles. The summed E-state index contributed by atoms with van der Waals surface area (Å²) in [7, 11) is -3.20. The highest BCUT2D eigenvalue weighted by atomic mass is 35.5. The summed E-state index contributed by atoms with van der Waals surface area (Å²) in [5, 5.41) is 12.9. The van der Waals surface area contributed by atoms with E-state index in [0.717, 1.165) is 5.41 Å². The van der Waals surface area contributed by atoms with E-state index < -0.39 is 21.8 Å². The normalized spacial score (nSPS) is 20.8. The molecule has 0 saturated heterocycles. The van der Waals surface area contributed by atoms with Gasteiger partial charge in [-0.2, -0.15) is 0 Å². The van der Waals surface area contributed by atoms with E-state index in [-0.39, 0.29) is 22.1 Å². The number of sulfone groups is 1. The van der Waals surface area contributed by atoms with Crippen LogP contribution < -0.4 is 5.32 Å². The zero-order valence-electron chi connectivity index (χ0n) is 9.13. The number of aromatic hydroxyl groups is 1. The molecule has 1 aliphatic heterocycles. The van der Waals surface area contributed by atoms with E-state index in [4.69, 9.17) is 11.6 Å². The van der Waals surface area contributed by atoms with E-state index in [0.29, 0.717) is 0 Å². The Morgan fingerprint density at radius 1 is 1.44 bits per heavy atom. The number of rotatable bonds is 2. The minimum atomic E-state index is -3.20. The Morgan fingerprint density at radius 3 is 2.72 bits per heavy atom. The topological polar surface area (TPSA) is 83.5 Å². The SMILES string of the molecule is O=C(NC1C=CS(=O)(=O)C1)c1ccc(O)c(Cl)c1. The van der Waals surface area contributed by atoms with Crippen LogP contribution in [0.1, 0.15) is 10.4 Å². The van der Waals surface area contributed by atoms with Crippen LogP contribution in [0.5, 0.6) is 5.75 Å². The van der Waals surface area contributed by atoms with Crippen LogP contribution in [0.2, 0.25) is 5.02 Å². The molecule has 1 aromatic rings. The third-order valence-electron chi connectivity index (χ3n) is 2.46. The fourth-order valence-electron chi connectivity index (χ4n) is 1.57. The first-order chi connectivity index (χ1) is 8.37. The lowest BCUT2D eigenvalue weighted by molar-refractivity contribution is 0.0947. The first-order valence-corrected chi connectivity index (χ1v) is 7.17. The highest BCUT2D eigenvalue weighted by molar-refractivity contribution is 7.94. The van der Waals surface area contributed by atoms with Gasteiger partial charge in [0.05, 0.1) is 16.8 Å². The molecule has 96 valence electrons. The Balaban J connectivity index is 2.09. The predicted octanol–water partition coefficient (Wildman–Crippen LogP) is 1.09. The number of amides is 1. The van der Waals surface area contributed by atoms with Gasteiger partial charge < -0.3 is 10.4 Å². The van der Waals surface area contributed by atoms with Crippen LogP contribution in [-0.2, 0) is 9.84 Å². The fraction of sp³-hybridized carbons (Fsp3) is 0.182. The van der Waals surface area contributed by atoms with Gasteiger partial charge in [0.25, 0.3) is 5.91 Å². The molecule has 2 N–H and O–H groups in total. The van der Waals surface area contributed by atoms with Crippen LogP contribution in [-0.4, -0.2) is 31.2 Å². The van der Waals surface area contributed by atoms with Gasteiger partial charge in [-0.3, -0.25) is 4.79 Å². The lowest BCUT2D eigenvalue weighted by atomic mass is 10.2. The summed E-state index contributed by atoms with van der Waals surface area (Å²) in [6, 6.07) is 3.50. The van der Waals surface area contributed by atoms with Crippen molar-refractivity contribution in [1.82, 2.24) is 5.32 Å². The van der Waals surface area contributed by atoms with Gasteiger partial charge in [-0.05, 0) is 24.3 Å². The Hall–Kier alpha value is -1.53. The maximum absolute atomic E-state index is 11.8. The number of benzene rings is 1. The fourth-order valence-corrected chi connectivity index (χ4v) is 2.98. The molecule has 1 aromatic carbocycles. The molecular weight excluding hydrogens is 278 g/mol. The number of phenolic OH excluding ortho intramolecular Hbond substituents is 1. The van der Waals surface area contributed by atoms with Gasteiger partial charge >= 0.3 is 0 Å². The molecule has 2 rings (SSSR count). The summed E-state index contributed by atoms with van der Waals surface area (Å²) in [6.07, 6.45) is 1.43. The summed E-state index contributed by atoms with van der Waals surface area (Å²) in [5.41, 5.74) is 0.260. The number of hydrogen-bond donors (Lipinski definition) is 2. The van der Waals surface area contributed by atoms with Gasteiger partial charge in [0.1, 0.15) is 5.75 Å². The van der Waals surface area contributed by atoms with Crippen molar-refractivity contribution in [3.63, 3.8) is 0 Å². The molecular formula is C11H10ClNO4S. The molecule has 0 spiro atoms. The first kappa shape index (κ1) is 12.9. The average molecular weight is 288 g/mol. The quantitative estimate of drug-likeness (QED) is 0.853. The van der Waals surface area contributed by atoms with E-state index in [9.17, 15) is 18.3 Å². The molecule has 0 radical (unpaired) electrons. The van der Waals surface area contributed by atoms with Gasteiger partial charge in [-0.25, -0.2) is 8.42 Å². The van der Waals surface area contributed by atoms with Crippen LogP contribution in [0.15, 0.2) is 29.7 Å². The maximum Gasteiger partial charge on any atom is 0.251 e. The smallest absolute Gasteiger partial charge is 0.251 e. The van der Waals surface area contributed by atoms with Crippen molar-refractivity contribution in [2.24, 2.45) is 0 Å². The molecule has 18 heavy (non-hydrogen) atoms. The zero-order valence-corrected chi connectivity index (χ0v) is 10.7. The van der Waals surface area contributed by atoms with Gasteiger partial charge in [0, 0.05) is 11.0 Å². The van der Waals surface area contributed by atoms with Gasteiger partial charge in [0.15, 0.2) is 9.84 Å². The third kappa shape index (κ3) is 2.83. The highest BCUT2D eigenvalue weighted by Crippen LogP contribution is 2.23. The molecule has 1 amide bonds. The first-order valence-electron chi connectivity index (χ1n) is 5.08. The minimum absolute atomic E-state index is 0.0669. The van der Waals surface area contributed by atoms with Crippen molar-refractivity contribution in [2.75, 3.05) is 5.75 Å². The van der Waals surface area contributed by atoms with E-state index in [2.05, 4.69) is 5.32 Å². The lowest BCUT2D eigenvalue weighted by Gasteiger charge is -2.10. The molecule has 0 fully saturated rings. The van der Waals surface area contributed by atoms with Crippen LogP contribution in [0.4, 0.5) is 0 Å². The molecule has 5 nitrogen and oxygen atoms in total. The van der Waals surface area contributed by atoms with Crippen LogP contribution in [0.25, 0.3) is 0 Å². The van der Waals surface area contributed by atoms with Crippen molar-refractivity contribution in [1.29, 1.82) is 0 Å². The van der Waals surface area contributed by atoms with Crippen molar-refractivity contribution in [3.8, 4) is 5.75 Å². The van der Waals surface area contributed by atoms with Gasteiger partial charge in [-0.1, -0.05) is 11.6 Å². The van der Waals surface area contributed by atoms with E-state index >= 15 is 0 Å². The van der Waals surface area contributed by atoms with Crippen LogP contribution >= 0.6 is 11.6 Å². The summed E-state index contributed by atoms with van der Waals surface area (Å²) < 4.78 is 22.3. The molecule has 0 bridgehead atoms. The second kappa shape index (κ2) is 4.62. The second-order valence-corrected chi connectivity index (χ2v) is 6.24. The standard InChI is InChI=1S/C11H10ClNO4S/c12-9-5-7(1-2-10(9)14)11(15)13-8-3-4-18(16,17)6-8/h1-5,8,14H,6H2,(H,13,15). The lowest BCUT2D eigenvalue weighted by Crippen LogP contribution is -2.35. The van der Waals surface area contributed by atoms with Crippen molar-refractivity contribution < 1.29 is 18.3 Å². The monoisotopic (exact) mass is 287 g/mol. The van der Waals surface area contributed by atoms with Crippen molar-refractivity contribution in [2.45, 2.75) is 6.04 Å². The molecule has 1 atom stereocenters. The van der Waals surface area contributed by atoms with E-state index in [1.807, 2.05) is 0 Å². The van der Waals surface area contributed by atoms with Gasteiger partial charge in [0.2, 0.25) is 0 Å². The summed E-state index contributed by atoms with van der Waals surface area (Å²) in [4.78, 5) is 11.8. The minimum Gasteiger partial charge on any atom is -0.506 e. The Morgan fingerprint density at radius 2 is 2.17 bits per heavy atom. The van der Waals surface area contributed by atoms with Crippen LogP contribution in [0.3, 0.4) is 0 Å². The van der Waals surface area contributed by atoms with E-state index in [1.54, 1.807) is 0 Å². The van der Waals surface area contributed by atoms with Gasteiger partial charge in [-0.15, -0.1) is 0 Å². The van der Waals surface area contributed by atoms with Crippen molar-refractivity contribution >= 4 is 27.3 Å². The Bertz CT molecular complexity index is 624. The number of carbonyl (C=O) groups excluding carboxylic acids is 1. The Labute approximate surface area is 109 Å². The summed E-state index contributed by atoms with van der Waals surface area (Å²) >= 11 is 5.68. The highest BCUT2D eigenvalue weighted by Gasteiger charge is 2.23. The number of halogens is 1. The van der Waals surface area contributed by atoms with Crippen molar-refractivity contribution in [3.05, 3.63) is 40.3 Å². The second-order valence-electron chi connectivity index (χ2n) is 3.90. The summed E-state index contributed by atoms with van der Waals surface area (Å²) in [6.45, 7) is 0.